The minimum Gasteiger partial charge on any atom is -0.369 e. The summed E-state index contributed by atoms with van der Waals surface area (Å²) in [5.74, 6) is 1.03. The number of piperazine rings is 1. The number of pyridine rings is 2. The number of fused-ring (bicyclic) bond motifs is 1. The lowest BCUT2D eigenvalue weighted by Crippen LogP contribution is -2.43. The van der Waals surface area contributed by atoms with Gasteiger partial charge in [0.15, 0.2) is 0 Å². The summed E-state index contributed by atoms with van der Waals surface area (Å²) >= 11 is 0. The molecule has 0 saturated carbocycles. The molecule has 2 aromatic rings. The van der Waals surface area contributed by atoms with Gasteiger partial charge in [0.25, 0.3) is 0 Å². The van der Waals surface area contributed by atoms with E-state index in [1.807, 2.05) is 24.4 Å². The molecule has 0 radical (unpaired) electrons. The van der Waals surface area contributed by atoms with Crippen molar-refractivity contribution in [2.75, 3.05) is 42.9 Å². The highest BCUT2D eigenvalue weighted by Crippen LogP contribution is 2.34. The molecule has 21 heavy (non-hydrogen) atoms. The van der Waals surface area contributed by atoms with Crippen LogP contribution in [0.3, 0.4) is 0 Å². The molecule has 1 fully saturated rings. The Kier molecular flexibility index (Phi) is 3.20. The number of anilines is 2. The number of rotatable bonds is 2. The molecular weight excluding hydrogens is 262 g/mol. The molecule has 2 aliphatic heterocycles. The number of nitrogens with zero attached hydrogens (tertiary/aromatic N) is 3. The standard InChI is InChI=1S/C16H19N5/c1-2-5-18-13(3-1)14-11-15(21-9-7-17-8-10-21)12-4-6-19-16(12)20-14/h1-3,5,11,17H,4,6-10H2,(H,19,20). The molecular formula is C16H19N5. The highest BCUT2D eigenvalue weighted by Gasteiger charge is 2.22. The minimum atomic E-state index is 0.936. The van der Waals surface area contributed by atoms with Gasteiger partial charge in [-0.25, -0.2) is 4.98 Å². The van der Waals surface area contributed by atoms with Crippen molar-refractivity contribution in [2.45, 2.75) is 6.42 Å². The zero-order valence-corrected chi connectivity index (χ0v) is 12.0. The van der Waals surface area contributed by atoms with Crippen LogP contribution in [0.15, 0.2) is 30.5 Å². The van der Waals surface area contributed by atoms with E-state index in [4.69, 9.17) is 4.98 Å². The quantitative estimate of drug-likeness (QED) is 0.874. The van der Waals surface area contributed by atoms with Crippen molar-refractivity contribution in [3.05, 3.63) is 36.0 Å². The molecule has 2 aromatic heterocycles. The summed E-state index contributed by atoms with van der Waals surface area (Å²) in [5, 5.41) is 6.82. The van der Waals surface area contributed by atoms with Gasteiger partial charge in [0.2, 0.25) is 0 Å². The smallest absolute Gasteiger partial charge is 0.132 e. The van der Waals surface area contributed by atoms with Gasteiger partial charge >= 0.3 is 0 Å². The number of aromatic nitrogens is 2. The summed E-state index contributed by atoms with van der Waals surface area (Å²) in [4.78, 5) is 11.7. The summed E-state index contributed by atoms with van der Waals surface area (Å²) < 4.78 is 0. The minimum absolute atomic E-state index is 0.936. The van der Waals surface area contributed by atoms with Crippen molar-refractivity contribution in [1.29, 1.82) is 0 Å². The van der Waals surface area contributed by atoms with Crippen LogP contribution in [-0.4, -0.2) is 42.7 Å². The Bertz CT molecular complexity index is 635. The van der Waals surface area contributed by atoms with Gasteiger partial charge in [-0.05, 0) is 24.6 Å². The molecule has 4 heterocycles. The fourth-order valence-corrected chi connectivity index (χ4v) is 3.09. The average Bonchev–Trinajstić information content (AvgIpc) is 3.04. The first kappa shape index (κ1) is 12.6. The van der Waals surface area contributed by atoms with Crippen molar-refractivity contribution in [1.82, 2.24) is 15.3 Å². The first-order valence-electron chi connectivity index (χ1n) is 7.57. The number of hydrogen-bond acceptors (Lipinski definition) is 5. The maximum Gasteiger partial charge on any atom is 0.132 e. The Labute approximate surface area is 124 Å². The predicted molar refractivity (Wildman–Crippen MR) is 84.7 cm³/mol. The van der Waals surface area contributed by atoms with E-state index in [1.54, 1.807) is 0 Å². The topological polar surface area (TPSA) is 53.1 Å². The lowest BCUT2D eigenvalue weighted by Gasteiger charge is -2.31. The SMILES string of the molecule is c1ccc(-c2cc(N3CCNCC3)c3c(n2)NCC3)nc1. The molecule has 0 aliphatic carbocycles. The van der Waals surface area contributed by atoms with Gasteiger partial charge in [-0.3, -0.25) is 4.98 Å². The first-order chi connectivity index (χ1) is 10.4. The van der Waals surface area contributed by atoms with Crippen LogP contribution in [0.1, 0.15) is 5.56 Å². The molecule has 0 bridgehead atoms. The van der Waals surface area contributed by atoms with Crippen LogP contribution in [-0.2, 0) is 6.42 Å². The van der Waals surface area contributed by atoms with Gasteiger partial charge < -0.3 is 15.5 Å². The van der Waals surface area contributed by atoms with E-state index >= 15 is 0 Å². The van der Waals surface area contributed by atoms with Crippen molar-refractivity contribution < 1.29 is 0 Å². The van der Waals surface area contributed by atoms with Crippen LogP contribution >= 0.6 is 0 Å². The van der Waals surface area contributed by atoms with Crippen LogP contribution in [0.2, 0.25) is 0 Å². The Balaban J connectivity index is 1.80. The Morgan fingerprint density at radius 2 is 1.95 bits per heavy atom. The van der Waals surface area contributed by atoms with E-state index in [0.29, 0.717) is 0 Å². The predicted octanol–water partition coefficient (Wildman–Crippen LogP) is 1.52. The molecule has 0 aromatic carbocycles. The molecule has 2 aliphatic rings. The Morgan fingerprint density at radius 3 is 2.76 bits per heavy atom. The Hall–Kier alpha value is -2.14. The third-order valence-corrected chi connectivity index (χ3v) is 4.15. The molecule has 0 unspecified atom stereocenters. The summed E-state index contributed by atoms with van der Waals surface area (Å²) in [6, 6.07) is 8.17. The maximum absolute atomic E-state index is 4.76. The fourth-order valence-electron chi connectivity index (χ4n) is 3.09. The van der Waals surface area contributed by atoms with E-state index in [2.05, 4.69) is 26.6 Å². The van der Waals surface area contributed by atoms with E-state index in [1.165, 1.54) is 11.3 Å². The van der Waals surface area contributed by atoms with Gasteiger partial charge in [-0.1, -0.05) is 6.07 Å². The highest BCUT2D eigenvalue weighted by molar-refractivity contribution is 5.73. The summed E-state index contributed by atoms with van der Waals surface area (Å²) in [7, 11) is 0. The summed E-state index contributed by atoms with van der Waals surface area (Å²) in [6.07, 6.45) is 2.88. The van der Waals surface area contributed by atoms with E-state index in [-0.39, 0.29) is 0 Å². The Morgan fingerprint density at radius 1 is 1.05 bits per heavy atom. The second-order valence-electron chi connectivity index (χ2n) is 5.48. The molecule has 4 rings (SSSR count). The van der Waals surface area contributed by atoms with Gasteiger partial charge in [0.1, 0.15) is 5.82 Å². The molecule has 1 saturated heterocycles. The monoisotopic (exact) mass is 281 g/mol. The largest absolute Gasteiger partial charge is 0.369 e. The van der Waals surface area contributed by atoms with Crippen molar-refractivity contribution in [2.24, 2.45) is 0 Å². The van der Waals surface area contributed by atoms with Gasteiger partial charge in [0, 0.05) is 50.2 Å². The molecule has 5 nitrogen and oxygen atoms in total. The van der Waals surface area contributed by atoms with E-state index < -0.39 is 0 Å². The lowest BCUT2D eigenvalue weighted by atomic mass is 10.1. The van der Waals surface area contributed by atoms with Gasteiger partial charge in [-0.2, -0.15) is 0 Å². The van der Waals surface area contributed by atoms with Crippen LogP contribution in [0.25, 0.3) is 11.4 Å². The fraction of sp³-hybridized carbons (Fsp3) is 0.375. The molecule has 0 atom stereocenters. The second-order valence-corrected chi connectivity index (χ2v) is 5.48. The zero-order chi connectivity index (χ0) is 14.1. The molecule has 2 N–H and O–H groups in total. The summed E-state index contributed by atoms with van der Waals surface area (Å²) in [6.45, 7) is 5.18. The number of hydrogen-bond donors (Lipinski definition) is 2. The number of nitrogens with one attached hydrogen (secondary N) is 2. The van der Waals surface area contributed by atoms with Crippen LogP contribution in [0.4, 0.5) is 11.5 Å². The molecule has 5 heteroatoms. The van der Waals surface area contributed by atoms with Crippen LogP contribution < -0.4 is 15.5 Å². The van der Waals surface area contributed by atoms with Crippen LogP contribution in [0, 0.1) is 0 Å². The second kappa shape index (κ2) is 5.33. The van der Waals surface area contributed by atoms with Gasteiger partial charge in [-0.15, -0.1) is 0 Å². The average molecular weight is 281 g/mol. The van der Waals surface area contributed by atoms with Crippen molar-refractivity contribution in [3.63, 3.8) is 0 Å². The molecule has 0 spiro atoms. The normalized spacial score (nSPS) is 17.4. The lowest BCUT2D eigenvalue weighted by molar-refractivity contribution is 0.588. The molecule has 108 valence electrons. The van der Waals surface area contributed by atoms with Crippen molar-refractivity contribution in [3.8, 4) is 11.4 Å². The van der Waals surface area contributed by atoms with Crippen molar-refractivity contribution >= 4 is 11.5 Å². The van der Waals surface area contributed by atoms with E-state index in [9.17, 15) is 0 Å². The van der Waals surface area contributed by atoms with Crippen LogP contribution in [0.5, 0.6) is 0 Å². The van der Waals surface area contributed by atoms with E-state index in [0.717, 1.165) is 56.4 Å². The van der Waals surface area contributed by atoms with Gasteiger partial charge in [0.05, 0.1) is 11.4 Å². The summed E-state index contributed by atoms with van der Waals surface area (Å²) in [5.41, 5.74) is 4.58. The zero-order valence-electron chi connectivity index (χ0n) is 12.0. The third kappa shape index (κ3) is 2.34. The molecule has 0 amide bonds. The first-order valence-corrected chi connectivity index (χ1v) is 7.57. The maximum atomic E-state index is 4.76. The highest BCUT2D eigenvalue weighted by atomic mass is 15.2. The third-order valence-electron chi connectivity index (χ3n) is 4.15.